The van der Waals surface area contributed by atoms with Crippen molar-refractivity contribution < 1.29 is 4.52 Å². The van der Waals surface area contributed by atoms with Crippen molar-refractivity contribution in [3.63, 3.8) is 0 Å². The van der Waals surface area contributed by atoms with Gasteiger partial charge in [0.15, 0.2) is 5.82 Å². The summed E-state index contributed by atoms with van der Waals surface area (Å²) >= 11 is 0. The van der Waals surface area contributed by atoms with Crippen molar-refractivity contribution in [1.82, 2.24) is 20.0 Å². The van der Waals surface area contributed by atoms with Gasteiger partial charge in [0, 0.05) is 32.9 Å². The zero-order valence-electron chi connectivity index (χ0n) is 8.90. The number of rotatable bonds is 4. The Hall–Kier alpha value is -1.62. The van der Waals surface area contributed by atoms with Gasteiger partial charge in [-0.3, -0.25) is 0 Å². The zero-order chi connectivity index (χ0) is 10.7. The first-order valence-electron chi connectivity index (χ1n) is 4.85. The van der Waals surface area contributed by atoms with Crippen LogP contribution >= 0.6 is 0 Å². The minimum Gasteiger partial charge on any atom is -0.357 e. The van der Waals surface area contributed by atoms with Gasteiger partial charge in [0.05, 0.1) is 6.54 Å². The van der Waals surface area contributed by atoms with Crippen LogP contribution < -0.4 is 5.32 Å². The van der Waals surface area contributed by atoms with Gasteiger partial charge in [0.2, 0.25) is 5.89 Å². The van der Waals surface area contributed by atoms with Gasteiger partial charge >= 0.3 is 0 Å². The second-order valence-corrected chi connectivity index (χ2v) is 3.52. The molecule has 0 fully saturated rings. The van der Waals surface area contributed by atoms with E-state index in [0.29, 0.717) is 18.3 Å². The van der Waals surface area contributed by atoms with Gasteiger partial charge in [-0.15, -0.1) is 0 Å². The van der Waals surface area contributed by atoms with Crippen molar-refractivity contribution in [2.75, 3.05) is 0 Å². The maximum atomic E-state index is 4.87. The van der Waals surface area contributed by atoms with E-state index in [-0.39, 0.29) is 0 Å². The van der Waals surface area contributed by atoms with Gasteiger partial charge < -0.3 is 14.4 Å². The minimum atomic E-state index is 0.603. The van der Waals surface area contributed by atoms with Crippen molar-refractivity contribution in [2.24, 2.45) is 7.05 Å². The van der Waals surface area contributed by atoms with E-state index in [0.717, 1.165) is 6.54 Å². The molecule has 1 N–H and O–H groups in total. The van der Waals surface area contributed by atoms with E-state index >= 15 is 0 Å². The first-order valence-corrected chi connectivity index (χ1v) is 4.85. The van der Waals surface area contributed by atoms with E-state index < -0.39 is 0 Å². The number of nitrogens with zero attached hydrogens (tertiary/aromatic N) is 3. The molecule has 0 aliphatic heterocycles. The van der Waals surface area contributed by atoms with Gasteiger partial charge in [0.25, 0.3) is 0 Å². The van der Waals surface area contributed by atoms with Crippen LogP contribution in [0.5, 0.6) is 0 Å². The van der Waals surface area contributed by atoms with Crippen LogP contribution in [0, 0.1) is 6.92 Å². The first kappa shape index (κ1) is 9.92. The maximum absolute atomic E-state index is 4.87. The summed E-state index contributed by atoms with van der Waals surface area (Å²) in [6.07, 6.45) is 4.10. The topological polar surface area (TPSA) is 55.9 Å². The molecule has 0 amide bonds. The standard InChI is InChI=1S/C10H14N4O/c1-8-12-10(13-15-8)6-11-5-9-3-4-14(2)7-9/h3-4,7,11H,5-6H2,1-2H3. The highest BCUT2D eigenvalue weighted by Gasteiger charge is 2.01. The normalized spacial score (nSPS) is 10.8. The third-order valence-electron chi connectivity index (χ3n) is 2.08. The maximum Gasteiger partial charge on any atom is 0.223 e. The van der Waals surface area contributed by atoms with Crippen molar-refractivity contribution in [1.29, 1.82) is 0 Å². The first-order chi connectivity index (χ1) is 7.24. The predicted octanol–water partition coefficient (Wildman–Crippen LogP) is 1.01. The molecule has 2 aromatic heterocycles. The van der Waals surface area contributed by atoms with Crippen LogP contribution in [0.4, 0.5) is 0 Å². The molecule has 2 rings (SSSR count). The fourth-order valence-corrected chi connectivity index (χ4v) is 1.40. The van der Waals surface area contributed by atoms with E-state index in [2.05, 4.69) is 27.7 Å². The predicted molar refractivity (Wildman–Crippen MR) is 55.0 cm³/mol. The lowest BCUT2D eigenvalue weighted by atomic mass is 10.3. The fraction of sp³-hybridized carbons (Fsp3) is 0.400. The molecule has 0 saturated heterocycles. The van der Waals surface area contributed by atoms with Crippen molar-refractivity contribution in [3.05, 3.63) is 35.7 Å². The smallest absolute Gasteiger partial charge is 0.223 e. The van der Waals surface area contributed by atoms with E-state index in [1.165, 1.54) is 5.56 Å². The molecular formula is C10H14N4O. The molecule has 0 unspecified atom stereocenters. The largest absolute Gasteiger partial charge is 0.357 e. The highest BCUT2D eigenvalue weighted by Crippen LogP contribution is 1.99. The Kier molecular flexibility index (Phi) is 2.82. The second kappa shape index (κ2) is 4.27. The Labute approximate surface area is 88.1 Å². The summed E-state index contributed by atoms with van der Waals surface area (Å²) < 4.78 is 6.89. The van der Waals surface area contributed by atoms with Crippen LogP contribution in [-0.4, -0.2) is 14.7 Å². The molecule has 0 bridgehead atoms. The number of hydrogen-bond donors (Lipinski definition) is 1. The van der Waals surface area contributed by atoms with Crippen LogP contribution in [-0.2, 0) is 20.1 Å². The Morgan fingerprint density at radius 1 is 1.47 bits per heavy atom. The molecular weight excluding hydrogens is 192 g/mol. The molecule has 0 aromatic carbocycles. The van der Waals surface area contributed by atoms with Crippen molar-refractivity contribution in [2.45, 2.75) is 20.0 Å². The van der Waals surface area contributed by atoms with Gasteiger partial charge in [-0.25, -0.2) is 0 Å². The number of aromatic nitrogens is 3. The molecule has 5 nitrogen and oxygen atoms in total. The molecule has 0 aliphatic rings. The number of hydrogen-bond acceptors (Lipinski definition) is 4. The van der Waals surface area contributed by atoms with Crippen LogP contribution in [0.2, 0.25) is 0 Å². The summed E-state index contributed by atoms with van der Waals surface area (Å²) in [5.41, 5.74) is 1.25. The molecule has 2 heterocycles. The fourth-order valence-electron chi connectivity index (χ4n) is 1.40. The van der Waals surface area contributed by atoms with Crippen molar-refractivity contribution in [3.8, 4) is 0 Å². The molecule has 2 aromatic rings. The number of nitrogens with one attached hydrogen (secondary N) is 1. The van der Waals surface area contributed by atoms with Crippen LogP contribution in [0.25, 0.3) is 0 Å². The van der Waals surface area contributed by atoms with Gasteiger partial charge in [-0.2, -0.15) is 4.98 Å². The van der Waals surface area contributed by atoms with Gasteiger partial charge in [-0.1, -0.05) is 5.16 Å². The lowest BCUT2D eigenvalue weighted by molar-refractivity contribution is 0.385. The Morgan fingerprint density at radius 2 is 2.33 bits per heavy atom. The number of aryl methyl sites for hydroxylation is 2. The van der Waals surface area contributed by atoms with E-state index in [1.54, 1.807) is 6.92 Å². The lowest BCUT2D eigenvalue weighted by Crippen LogP contribution is -2.13. The molecule has 0 spiro atoms. The molecule has 0 atom stereocenters. The Balaban J connectivity index is 1.80. The van der Waals surface area contributed by atoms with E-state index in [9.17, 15) is 0 Å². The highest BCUT2D eigenvalue weighted by atomic mass is 16.5. The Bertz CT molecular complexity index is 392. The van der Waals surface area contributed by atoms with Gasteiger partial charge in [0.1, 0.15) is 0 Å². The molecule has 15 heavy (non-hydrogen) atoms. The SMILES string of the molecule is Cc1nc(CNCc2ccn(C)c2)no1. The monoisotopic (exact) mass is 206 g/mol. The van der Waals surface area contributed by atoms with E-state index in [1.807, 2.05) is 17.8 Å². The lowest BCUT2D eigenvalue weighted by Gasteiger charge is -1.98. The highest BCUT2D eigenvalue weighted by molar-refractivity contribution is 5.09. The quantitative estimate of drug-likeness (QED) is 0.811. The summed E-state index contributed by atoms with van der Waals surface area (Å²) in [5, 5.41) is 7.04. The molecule has 0 radical (unpaired) electrons. The van der Waals surface area contributed by atoms with E-state index in [4.69, 9.17) is 4.52 Å². The van der Waals surface area contributed by atoms with Crippen LogP contribution in [0.3, 0.4) is 0 Å². The molecule has 5 heteroatoms. The van der Waals surface area contributed by atoms with Crippen molar-refractivity contribution >= 4 is 0 Å². The average Bonchev–Trinajstić information content (AvgIpc) is 2.76. The summed E-state index contributed by atoms with van der Waals surface area (Å²) in [4.78, 5) is 4.10. The average molecular weight is 206 g/mol. The summed E-state index contributed by atoms with van der Waals surface area (Å²) in [6.45, 7) is 3.23. The third kappa shape index (κ3) is 2.66. The third-order valence-corrected chi connectivity index (χ3v) is 2.08. The second-order valence-electron chi connectivity index (χ2n) is 3.52. The summed E-state index contributed by atoms with van der Waals surface area (Å²) in [6, 6.07) is 2.08. The molecule has 0 saturated carbocycles. The van der Waals surface area contributed by atoms with Crippen LogP contribution in [0.1, 0.15) is 17.3 Å². The Morgan fingerprint density at radius 3 is 2.93 bits per heavy atom. The summed E-state index contributed by atoms with van der Waals surface area (Å²) in [5.74, 6) is 1.30. The summed E-state index contributed by atoms with van der Waals surface area (Å²) in [7, 11) is 2.01. The minimum absolute atomic E-state index is 0.603. The van der Waals surface area contributed by atoms with Gasteiger partial charge in [-0.05, 0) is 11.6 Å². The van der Waals surface area contributed by atoms with Crippen LogP contribution in [0.15, 0.2) is 23.0 Å². The zero-order valence-corrected chi connectivity index (χ0v) is 8.90. The molecule has 80 valence electrons. The molecule has 0 aliphatic carbocycles.